The van der Waals surface area contributed by atoms with E-state index in [1.807, 2.05) is 32.6 Å². The number of anilines is 1. The van der Waals surface area contributed by atoms with Crippen LogP contribution in [0, 0.1) is 5.21 Å². The normalized spacial score (nSPS) is 19.0. The first-order chi connectivity index (χ1) is 12.0. The SMILES string of the molecule is CCN(/[N+]([O-])=N\O[C@@H]1CCN(c2ccc(C(F)(F)F)cc2)C1)C(C)(C)C. The van der Waals surface area contributed by atoms with Crippen molar-refractivity contribution in [3.63, 3.8) is 0 Å². The Labute approximate surface area is 151 Å². The molecule has 0 saturated carbocycles. The quantitative estimate of drug-likeness (QED) is 0.440. The molecule has 0 N–H and O–H groups in total. The van der Waals surface area contributed by atoms with Gasteiger partial charge < -0.3 is 14.9 Å². The van der Waals surface area contributed by atoms with Gasteiger partial charge in [-0.15, -0.1) is 5.01 Å². The zero-order valence-electron chi connectivity index (χ0n) is 15.5. The van der Waals surface area contributed by atoms with Crippen molar-refractivity contribution in [1.29, 1.82) is 0 Å². The van der Waals surface area contributed by atoms with Crippen molar-refractivity contribution in [3.8, 4) is 0 Å². The second-order valence-electron chi connectivity index (χ2n) is 7.23. The van der Waals surface area contributed by atoms with Crippen LogP contribution in [0.3, 0.4) is 0 Å². The van der Waals surface area contributed by atoms with E-state index in [-0.39, 0.29) is 11.6 Å². The minimum Gasteiger partial charge on any atom is -0.569 e. The van der Waals surface area contributed by atoms with E-state index in [9.17, 15) is 18.4 Å². The average Bonchev–Trinajstić information content (AvgIpc) is 3.00. The number of nitrogens with zero attached hydrogens (tertiary/aromatic N) is 4. The zero-order valence-corrected chi connectivity index (χ0v) is 15.5. The van der Waals surface area contributed by atoms with E-state index in [2.05, 4.69) is 5.28 Å². The first kappa shape index (κ1) is 20.1. The maximum atomic E-state index is 12.6. The molecule has 1 aliphatic heterocycles. The third-order valence-electron chi connectivity index (χ3n) is 4.25. The van der Waals surface area contributed by atoms with E-state index in [0.717, 1.165) is 12.1 Å². The topological polar surface area (TPSA) is 54.1 Å². The third-order valence-corrected chi connectivity index (χ3v) is 4.25. The number of hydrogen-bond donors (Lipinski definition) is 0. The van der Waals surface area contributed by atoms with Gasteiger partial charge in [-0.25, -0.2) is 0 Å². The number of halogens is 3. The molecular weight excluding hydrogens is 349 g/mol. The molecule has 1 atom stereocenters. The average molecular weight is 374 g/mol. The van der Waals surface area contributed by atoms with Crippen molar-refractivity contribution in [2.45, 2.75) is 51.9 Å². The highest BCUT2D eigenvalue weighted by Crippen LogP contribution is 2.31. The maximum Gasteiger partial charge on any atom is 0.416 e. The van der Waals surface area contributed by atoms with Crippen LogP contribution in [0.25, 0.3) is 0 Å². The van der Waals surface area contributed by atoms with Gasteiger partial charge in [-0.3, -0.25) is 0 Å². The fourth-order valence-corrected chi connectivity index (χ4v) is 2.91. The Kier molecular flexibility index (Phi) is 5.87. The van der Waals surface area contributed by atoms with Gasteiger partial charge in [-0.2, -0.15) is 13.2 Å². The first-order valence-electron chi connectivity index (χ1n) is 8.56. The largest absolute Gasteiger partial charge is 0.569 e. The first-order valence-corrected chi connectivity index (χ1v) is 8.56. The molecule has 1 saturated heterocycles. The van der Waals surface area contributed by atoms with Crippen LogP contribution in [0.5, 0.6) is 0 Å². The van der Waals surface area contributed by atoms with E-state index in [1.165, 1.54) is 17.1 Å². The van der Waals surface area contributed by atoms with Gasteiger partial charge in [-0.05, 0) is 52.0 Å². The highest BCUT2D eigenvalue weighted by molar-refractivity contribution is 5.49. The van der Waals surface area contributed by atoms with Crippen LogP contribution in [0.2, 0.25) is 0 Å². The summed E-state index contributed by atoms with van der Waals surface area (Å²) in [6.07, 6.45) is -3.99. The molecule has 6 nitrogen and oxygen atoms in total. The van der Waals surface area contributed by atoms with E-state index in [1.54, 1.807) is 0 Å². The second kappa shape index (κ2) is 7.59. The number of hydrazine groups is 1. The minimum absolute atomic E-state index is 0.285. The van der Waals surface area contributed by atoms with Crippen molar-refractivity contribution in [2.75, 3.05) is 24.5 Å². The molecule has 0 unspecified atom stereocenters. The fourth-order valence-electron chi connectivity index (χ4n) is 2.91. The van der Waals surface area contributed by atoms with Crippen molar-refractivity contribution < 1.29 is 23.0 Å². The van der Waals surface area contributed by atoms with Crippen LogP contribution in [0.15, 0.2) is 29.5 Å². The van der Waals surface area contributed by atoms with Gasteiger partial charge in [0.1, 0.15) is 0 Å². The fraction of sp³-hybridized carbons (Fsp3) is 0.647. The lowest BCUT2D eigenvalue weighted by Crippen LogP contribution is -2.45. The minimum atomic E-state index is -4.34. The smallest absolute Gasteiger partial charge is 0.416 e. The molecule has 0 aliphatic carbocycles. The molecule has 1 aliphatic rings. The Balaban J connectivity index is 1.95. The van der Waals surface area contributed by atoms with E-state index in [0.29, 0.717) is 36.7 Å². The van der Waals surface area contributed by atoms with Gasteiger partial charge in [0.2, 0.25) is 5.28 Å². The van der Waals surface area contributed by atoms with Gasteiger partial charge in [0.05, 0.1) is 29.2 Å². The highest BCUT2D eigenvalue weighted by Gasteiger charge is 2.31. The van der Waals surface area contributed by atoms with Gasteiger partial charge in [0, 0.05) is 18.7 Å². The second-order valence-corrected chi connectivity index (χ2v) is 7.23. The highest BCUT2D eigenvalue weighted by atomic mass is 19.4. The van der Waals surface area contributed by atoms with Gasteiger partial charge in [0.15, 0.2) is 6.10 Å². The summed E-state index contributed by atoms with van der Waals surface area (Å²) < 4.78 is 37.9. The van der Waals surface area contributed by atoms with Crippen molar-refractivity contribution in [3.05, 3.63) is 35.0 Å². The molecule has 0 radical (unpaired) electrons. The number of alkyl halides is 3. The third kappa shape index (κ3) is 4.92. The number of hydrogen-bond acceptors (Lipinski definition) is 4. The molecule has 1 aromatic carbocycles. The predicted molar refractivity (Wildman–Crippen MR) is 91.3 cm³/mol. The van der Waals surface area contributed by atoms with Crippen molar-refractivity contribution in [1.82, 2.24) is 5.01 Å². The van der Waals surface area contributed by atoms with Crippen LogP contribution in [-0.2, 0) is 11.0 Å². The van der Waals surface area contributed by atoms with Crippen molar-refractivity contribution in [2.24, 2.45) is 5.28 Å². The predicted octanol–water partition coefficient (Wildman–Crippen LogP) is 4.21. The lowest BCUT2D eigenvalue weighted by atomic mass is 10.1. The Morgan fingerprint density at radius 1 is 1.27 bits per heavy atom. The van der Waals surface area contributed by atoms with Crippen molar-refractivity contribution >= 4 is 5.69 Å². The van der Waals surface area contributed by atoms with E-state index >= 15 is 0 Å². The zero-order chi connectivity index (χ0) is 19.5. The van der Waals surface area contributed by atoms with Crippen LogP contribution >= 0.6 is 0 Å². The lowest BCUT2D eigenvalue weighted by molar-refractivity contribution is -0.725. The van der Waals surface area contributed by atoms with Gasteiger partial charge in [0.25, 0.3) is 0 Å². The summed E-state index contributed by atoms with van der Waals surface area (Å²) in [7, 11) is 0. The van der Waals surface area contributed by atoms with Crippen LogP contribution in [0.4, 0.5) is 18.9 Å². The molecular formula is C17H25F3N4O2. The summed E-state index contributed by atoms with van der Waals surface area (Å²) in [5, 5.41) is 17.3. The molecule has 0 aromatic heterocycles. The van der Waals surface area contributed by atoms with Crippen LogP contribution in [0.1, 0.15) is 39.7 Å². The molecule has 9 heteroatoms. The Hall–Kier alpha value is -2.19. The summed E-state index contributed by atoms with van der Waals surface area (Å²) in [5.74, 6) is 0. The summed E-state index contributed by atoms with van der Waals surface area (Å²) in [6, 6.07) is 5.02. The van der Waals surface area contributed by atoms with Gasteiger partial charge in [-0.1, -0.05) is 0 Å². The number of rotatable bonds is 5. The molecule has 146 valence electrons. The lowest BCUT2D eigenvalue weighted by Gasteiger charge is -2.29. The van der Waals surface area contributed by atoms with Crippen LogP contribution < -0.4 is 4.90 Å². The Bertz CT molecular complexity index is 626. The van der Waals surface area contributed by atoms with Crippen LogP contribution in [-0.4, -0.2) is 41.3 Å². The summed E-state index contributed by atoms with van der Waals surface area (Å²) in [6.45, 7) is 9.14. The molecule has 1 fully saturated rings. The molecule has 0 bridgehead atoms. The van der Waals surface area contributed by atoms with E-state index < -0.39 is 11.7 Å². The molecule has 1 aromatic rings. The molecule has 2 rings (SSSR count). The summed E-state index contributed by atoms with van der Waals surface area (Å²) in [5.41, 5.74) is -0.370. The summed E-state index contributed by atoms with van der Waals surface area (Å²) >= 11 is 0. The summed E-state index contributed by atoms with van der Waals surface area (Å²) in [4.78, 5) is 7.72. The maximum absolute atomic E-state index is 12.6. The van der Waals surface area contributed by atoms with Gasteiger partial charge >= 0.3 is 6.18 Å². The standard InChI is InChI=1S/C17H25F3N4O2/c1-5-23(16(2,3)4)24(25)21-26-15-10-11-22(12-15)14-8-6-13(7-9-14)17(18,19)20/h6-9,15H,5,10-12H2,1-4H3/b24-21+/t15-/m1/s1. The van der Waals surface area contributed by atoms with E-state index in [4.69, 9.17) is 4.84 Å². The molecule has 26 heavy (non-hydrogen) atoms. The molecule has 0 amide bonds. The monoisotopic (exact) mass is 374 g/mol. The Morgan fingerprint density at radius 2 is 1.88 bits per heavy atom. The Morgan fingerprint density at radius 3 is 2.38 bits per heavy atom. The number of benzene rings is 1. The molecule has 1 heterocycles. The molecule has 0 spiro atoms.